The zero-order valence-electron chi connectivity index (χ0n) is 12.7. The van der Waals surface area contributed by atoms with Crippen LogP contribution in [0, 0.1) is 11.3 Å². The second-order valence-corrected chi connectivity index (χ2v) is 7.19. The molecule has 1 fully saturated rings. The molecule has 1 aliphatic carbocycles. The quantitative estimate of drug-likeness (QED) is 0.732. The minimum Gasteiger partial charge on any atom is -0.359 e. The average Bonchev–Trinajstić information content (AvgIpc) is 3.05. The van der Waals surface area contributed by atoms with E-state index in [4.69, 9.17) is 11.6 Å². The monoisotopic (exact) mass is 303 g/mol. The van der Waals surface area contributed by atoms with Crippen LogP contribution in [0.2, 0.25) is 5.02 Å². The fourth-order valence-corrected chi connectivity index (χ4v) is 4.18. The van der Waals surface area contributed by atoms with E-state index in [1.54, 1.807) is 0 Å². The molecule has 0 bridgehead atoms. The summed E-state index contributed by atoms with van der Waals surface area (Å²) >= 11 is 6.21. The number of fused-ring (bicyclic) bond motifs is 1. The molecule has 2 aromatic rings. The highest BCUT2D eigenvalue weighted by atomic mass is 35.5. The molecule has 1 heterocycles. The number of hydrogen-bond acceptors (Lipinski definition) is 1. The SMILES string of the molecule is CC(C)CC1(C(=O)c2c[nH]c3c(Cl)cccc23)CCCC1. The van der Waals surface area contributed by atoms with Crippen molar-refractivity contribution in [3.8, 4) is 0 Å². The highest BCUT2D eigenvalue weighted by molar-refractivity contribution is 6.35. The van der Waals surface area contributed by atoms with Gasteiger partial charge in [0.15, 0.2) is 5.78 Å². The van der Waals surface area contributed by atoms with E-state index in [9.17, 15) is 4.79 Å². The van der Waals surface area contributed by atoms with Gasteiger partial charge in [-0.25, -0.2) is 0 Å². The van der Waals surface area contributed by atoms with Crippen molar-refractivity contribution in [1.82, 2.24) is 4.98 Å². The van der Waals surface area contributed by atoms with Crippen LogP contribution in [-0.2, 0) is 0 Å². The topological polar surface area (TPSA) is 32.9 Å². The van der Waals surface area contributed by atoms with Crippen molar-refractivity contribution in [3.05, 3.63) is 35.0 Å². The zero-order valence-corrected chi connectivity index (χ0v) is 13.5. The molecule has 3 rings (SSSR count). The number of nitrogens with one attached hydrogen (secondary N) is 1. The normalized spacial score (nSPS) is 17.7. The van der Waals surface area contributed by atoms with Gasteiger partial charge in [-0.05, 0) is 31.2 Å². The Hall–Kier alpha value is -1.28. The van der Waals surface area contributed by atoms with Crippen LogP contribution in [0.4, 0.5) is 0 Å². The van der Waals surface area contributed by atoms with Crippen molar-refractivity contribution in [2.45, 2.75) is 46.0 Å². The molecule has 112 valence electrons. The second-order valence-electron chi connectivity index (χ2n) is 6.78. The van der Waals surface area contributed by atoms with Gasteiger partial charge >= 0.3 is 0 Å². The predicted molar refractivity (Wildman–Crippen MR) is 88.0 cm³/mol. The standard InChI is InChI=1S/C18H22ClNO/c1-12(2)10-18(8-3-4-9-18)17(21)14-11-20-16-13(14)6-5-7-15(16)19/h5-7,11-12,20H,3-4,8-10H2,1-2H3. The van der Waals surface area contributed by atoms with Gasteiger partial charge in [0.1, 0.15) is 0 Å². The minimum atomic E-state index is -0.161. The number of halogens is 1. The molecule has 1 saturated carbocycles. The summed E-state index contributed by atoms with van der Waals surface area (Å²) in [5.41, 5.74) is 1.53. The largest absolute Gasteiger partial charge is 0.359 e. The highest BCUT2D eigenvalue weighted by Gasteiger charge is 2.42. The molecule has 0 atom stereocenters. The van der Waals surface area contributed by atoms with Crippen LogP contribution < -0.4 is 0 Å². The Balaban J connectivity index is 2.04. The van der Waals surface area contributed by atoms with E-state index in [1.807, 2.05) is 24.4 Å². The molecule has 0 spiro atoms. The molecule has 0 radical (unpaired) electrons. The summed E-state index contributed by atoms with van der Waals surface area (Å²) in [6.45, 7) is 4.42. The van der Waals surface area contributed by atoms with Crippen LogP contribution in [0.15, 0.2) is 24.4 Å². The molecule has 3 heteroatoms. The first-order valence-corrected chi connectivity index (χ1v) is 8.22. The van der Waals surface area contributed by atoms with E-state index < -0.39 is 0 Å². The van der Waals surface area contributed by atoms with Crippen LogP contribution >= 0.6 is 11.6 Å². The first kappa shape index (κ1) is 14.6. The Kier molecular flexibility index (Phi) is 3.83. The summed E-state index contributed by atoms with van der Waals surface area (Å²) in [5, 5.41) is 1.64. The Morgan fingerprint density at radius 3 is 2.71 bits per heavy atom. The van der Waals surface area contributed by atoms with E-state index >= 15 is 0 Å². The van der Waals surface area contributed by atoms with Crippen LogP contribution in [-0.4, -0.2) is 10.8 Å². The smallest absolute Gasteiger partial charge is 0.171 e. The summed E-state index contributed by atoms with van der Waals surface area (Å²) < 4.78 is 0. The third-order valence-electron chi connectivity index (χ3n) is 4.75. The predicted octanol–water partition coefficient (Wildman–Crippen LogP) is 5.61. The summed E-state index contributed by atoms with van der Waals surface area (Å²) in [7, 11) is 0. The number of Topliss-reactive ketones (excluding diaryl/α,β-unsaturated/α-hetero) is 1. The summed E-state index contributed by atoms with van der Waals surface area (Å²) in [6, 6.07) is 5.76. The molecule has 0 saturated heterocycles. The first-order valence-electron chi connectivity index (χ1n) is 7.84. The fraction of sp³-hybridized carbons (Fsp3) is 0.500. The maximum atomic E-state index is 13.2. The molecule has 2 nitrogen and oxygen atoms in total. The van der Waals surface area contributed by atoms with Gasteiger partial charge in [0.2, 0.25) is 0 Å². The molecule has 0 amide bonds. The van der Waals surface area contributed by atoms with E-state index in [2.05, 4.69) is 18.8 Å². The molecule has 1 aromatic heterocycles. The summed E-state index contributed by atoms with van der Waals surface area (Å²) in [4.78, 5) is 16.4. The van der Waals surface area contributed by atoms with E-state index in [0.717, 1.165) is 35.7 Å². The Labute approximate surface area is 130 Å². The second kappa shape index (κ2) is 5.49. The van der Waals surface area contributed by atoms with Crippen LogP contribution in [0.25, 0.3) is 10.9 Å². The molecule has 1 aromatic carbocycles. The fourth-order valence-electron chi connectivity index (χ4n) is 3.95. The van der Waals surface area contributed by atoms with Gasteiger partial charge in [0.05, 0.1) is 10.5 Å². The number of H-pyrrole nitrogens is 1. The number of aromatic amines is 1. The van der Waals surface area contributed by atoms with E-state index in [-0.39, 0.29) is 5.41 Å². The molecule has 0 unspecified atom stereocenters. The zero-order chi connectivity index (χ0) is 15.0. The molecule has 1 aliphatic rings. The highest BCUT2D eigenvalue weighted by Crippen LogP contribution is 2.46. The van der Waals surface area contributed by atoms with E-state index in [0.29, 0.717) is 16.7 Å². The van der Waals surface area contributed by atoms with E-state index in [1.165, 1.54) is 12.8 Å². The Morgan fingerprint density at radius 2 is 2.05 bits per heavy atom. The lowest BCUT2D eigenvalue weighted by Crippen LogP contribution is -2.29. The summed E-state index contributed by atoms with van der Waals surface area (Å²) in [6.07, 6.45) is 7.22. The van der Waals surface area contributed by atoms with Crippen molar-refractivity contribution in [2.24, 2.45) is 11.3 Å². The number of carbonyl (C=O) groups excluding carboxylic acids is 1. The number of ketones is 1. The molecule has 21 heavy (non-hydrogen) atoms. The van der Waals surface area contributed by atoms with Gasteiger partial charge in [0.25, 0.3) is 0 Å². The Morgan fingerprint density at radius 1 is 1.33 bits per heavy atom. The van der Waals surface area contributed by atoms with Crippen molar-refractivity contribution in [2.75, 3.05) is 0 Å². The van der Waals surface area contributed by atoms with Crippen molar-refractivity contribution in [3.63, 3.8) is 0 Å². The average molecular weight is 304 g/mol. The van der Waals surface area contributed by atoms with Crippen LogP contribution in [0.3, 0.4) is 0 Å². The number of hydrogen-bond donors (Lipinski definition) is 1. The molecular weight excluding hydrogens is 282 g/mol. The lowest BCUT2D eigenvalue weighted by molar-refractivity contribution is 0.0762. The van der Waals surface area contributed by atoms with Crippen LogP contribution in [0.5, 0.6) is 0 Å². The number of benzene rings is 1. The maximum absolute atomic E-state index is 13.2. The third-order valence-corrected chi connectivity index (χ3v) is 5.07. The molecule has 0 aliphatic heterocycles. The number of rotatable bonds is 4. The van der Waals surface area contributed by atoms with Gasteiger partial charge in [0, 0.05) is 22.6 Å². The molecule has 1 N–H and O–H groups in total. The molecular formula is C18H22ClNO. The van der Waals surface area contributed by atoms with Gasteiger partial charge in [-0.2, -0.15) is 0 Å². The number of para-hydroxylation sites is 1. The minimum absolute atomic E-state index is 0.161. The van der Waals surface area contributed by atoms with Crippen molar-refractivity contribution < 1.29 is 4.79 Å². The number of carbonyl (C=O) groups is 1. The first-order chi connectivity index (χ1) is 10.0. The number of aromatic nitrogens is 1. The van der Waals surface area contributed by atoms with Gasteiger partial charge in [-0.3, -0.25) is 4.79 Å². The third kappa shape index (κ3) is 2.50. The van der Waals surface area contributed by atoms with Crippen molar-refractivity contribution >= 4 is 28.3 Å². The Bertz CT molecular complexity index is 665. The van der Waals surface area contributed by atoms with Crippen LogP contribution in [0.1, 0.15) is 56.3 Å². The van der Waals surface area contributed by atoms with Gasteiger partial charge in [-0.1, -0.05) is 50.4 Å². The maximum Gasteiger partial charge on any atom is 0.171 e. The van der Waals surface area contributed by atoms with Gasteiger partial charge in [-0.15, -0.1) is 0 Å². The van der Waals surface area contributed by atoms with Crippen molar-refractivity contribution in [1.29, 1.82) is 0 Å². The lowest BCUT2D eigenvalue weighted by atomic mass is 9.73. The van der Waals surface area contributed by atoms with Gasteiger partial charge < -0.3 is 4.98 Å². The summed E-state index contributed by atoms with van der Waals surface area (Å²) in [5.74, 6) is 0.850. The lowest BCUT2D eigenvalue weighted by Gasteiger charge is -2.29.